The fraction of sp³-hybridized carbons (Fsp3) is 0.259. The van der Waals surface area contributed by atoms with Crippen LogP contribution >= 0.6 is 0 Å². The molecule has 4 rings (SSSR count). The first-order chi connectivity index (χ1) is 16.1. The van der Waals surface area contributed by atoms with E-state index in [4.69, 9.17) is 9.47 Å². The molecule has 3 aromatic rings. The Bertz CT molecular complexity index is 1060. The number of nitrogens with zero attached hydrogens (tertiary/aromatic N) is 1. The number of esters is 1. The van der Waals surface area contributed by atoms with Crippen LogP contribution in [0.3, 0.4) is 0 Å². The van der Waals surface area contributed by atoms with Crippen molar-refractivity contribution in [2.75, 3.05) is 19.7 Å². The zero-order valence-electron chi connectivity index (χ0n) is 18.2. The van der Waals surface area contributed by atoms with E-state index in [0.717, 1.165) is 11.1 Å². The Morgan fingerprint density at radius 2 is 1.55 bits per heavy atom. The molecule has 3 aromatic carbocycles. The van der Waals surface area contributed by atoms with Crippen LogP contribution in [0.1, 0.15) is 33.8 Å². The van der Waals surface area contributed by atoms with Crippen molar-refractivity contribution >= 4 is 12.1 Å². The molecule has 0 N–H and O–H groups in total. The minimum Gasteiger partial charge on any atom is -0.462 e. The maximum Gasteiger partial charge on any atom is 0.410 e. The molecule has 0 radical (unpaired) electrons. The number of carbonyl (C=O) groups is 2. The number of likely N-dealkylation sites (tertiary alicyclic amines) is 1. The number of amides is 1. The van der Waals surface area contributed by atoms with Crippen molar-refractivity contribution in [1.29, 1.82) is 0 Å². The molecule has 2 unspecified atom stereocenters. The molecule has 5 nitrogen and oxygen atoms in total. The zero-order chi connectivity index (χ0) is 23.0. The number of hydrogen-bond acceptors (Lipinski definition) is 4. The highest BCUT2D eigenvalue weighted by Crippen LogP contribution is 2.34. The predicted molar refractivity (Wildman–Crippen MR) is 122 cm³/mol. The molecule has 1 aliphatic rings. The maximum atomic E-state index is 13.4. The van der Waals surface area contributed by atoms with E-state index in [1.54, 1.807) is 41.3 Å². The third-order valence-corrected chi connectivity index (χ3v) is 5.93. The van der Waals surface area contributed by atoms with E-state index in [9.17, 15) is 14.0 Å². The summed E-state index contributed by atoms with van der Waals surface area (Å²) >= 11 is 0. The molecule has 1 saturated heterocycles. The van der Waals surface area contributed by atoms with E-state index >= 15 is 0 Å². The van der Waals surface area contributed by atoms with Crippen LogP contribution in [0.15, 0.2) is 84.9 Å². The Morgan fingerprint density at radius 1 is 0.879 bits per heavy atom. The number of hydrogen-bond donors (Lipinski definition) is 0. The van der Waals surface area contributed by atoms with Gasteiger partial charge in [0.25, 0.3) is 0 Å². The highest BCUT2D eigenvalue weighted by atomic mass is 19.1. The van der Waals surface area contributed by atoms with Crippen LogP contribution in [-0.4, -0.2) is 36.7 Å². The van der Waals surface area contributed by atoms with E-state index in [1.165, 1.54) is 12.1 Å². The van der Waals surface area contributed by atoms with Crippen LogP contribution in [0.5, 0.6) is 0 Å². The second-order valence-corrected chi connectivity index (χ2v) is 8.16. The highest BCUT2D eigenvalue weighted by Gasteiger charge is 2.34. The molecule has 2 atom stereocenters. The molecule has 1 heterocycles. The fourth-order valence-electron chi connectivity index (χ4n) is 4.17. The van der Waals surface area contributed by atoms with E-state index in [0.29, 0.717) is 25.1 Å². The van der Waals surface area contributed by atoms with Crippen molar-refractivity contribution in [3.05, 3.63) is 107 Å². The summed E-state index contributed by atoms with van der Waals surface area (Å²) in [5.41, 5.74) is 2.36. The minimum atomic E-state index is -0.405. The summed E-state index contributed by atoms with van der Waals surface area (Å²) < 4.78 is 24.6. The van der Waals surface area contributed by atoms with Gasteiger partial charge in [-0.05, 0) is 47.7 Å². The third-order valence-electron chi connectivity index (χ3n) is 5.93. The summed E-state index contributed by atoms with van der Waals surface area (Å²) in [6, 6.07) is 24.7. The van der Waals surface area contributed by atoms with Crippen molar-refractivity contribution in [2.45, 2.75) is 18.9 Å². The Hall–Kier alpha value is -3.67. The van der Waals surface area contributed by atoms with E-state index in [1.807, 2.05) is 36.4 Å². The van der Waals surface area contributed by atoms with Crippen LogP contribution in [0.25, 0.3) is 0 Å². The molecule has 0 aliphatic carbocycles. The summed E-state index contributed by atoms with van der Waals surface area (Å²) in [4.78, 5) is 26.8. The van der Waals surface area contributed by atoms with Crippen LogP contribution in [0.2, 0.25) is 0 Å². The first-order valence-corrected chi connectivity index (χ1v) is 11.0. The van der Waals surface area contributed by atoms with Crippen molar-refractivity contribution in [3.63, 3.8) is 0 Å². The van der Waals surface area contributed by atoms with Crippen LogP contribution in [0, 0.1) is 11.7 Å². The van der Waals surface area contributed by atoms with Gasteiger partial charge in [-0.25, -0.2) is 14.0 Å². The lowest BCUT2D eigenvalue weighted by molar-refractivity contribution is 0.0285. The van der Waals surface area contributed by atoms with Gasteiger partial charge in [0.1, 0.15) is 12.4 Å². The average molecular weight is 448 g/mol. The van der Waals surface area contributed by atoms with Gasteiger partial charge in [0.2, 0.25) is 0 Å². The largest absolute Gasteiger partial charge is 0.462 e. The molecule has 1 aliphatic heterocycles. The monoisotopic (exact) mass is 447 g/mol. The molecule has 1 amide bonds. The van der Waals surface area contributed by atoms with Crippen molar-refractivity contribution in [3.8, 4) is 0 Å². The van der Waals surface area contributed by atoms with Gasteiger partial charge in [0.15, 0.2) is 0 Å². The molecule has 170 valence electrons. The second-order valence-electron chi connectivity index (χ2n) is 8.16. The SMILES string of the molecule is O=C(OCC1CN(C(=O)OCc2ccccc2)CCC1c1ccc(F)cc1)c1ccccc1. The average Bonchev–Trinajstić information content (AvgIpc) is 2.87. The first-order valence-electron chi connectivity index (χ1n) is 11.0. The van der Waals surface area contributed by atoms with Crippen molar-refractivity contribution < 1.29 is 23.5 Å². The normalized spacial score (nSPS) is 17.9. The number of ether oxygens (including phenoxy) is 2. The van der Waals surface area contributed by atoms with Gasteiger partial charge in [-0.15, -0.1) is 0 Å². The van der Waals surface area contributed by atoms with Gasteiger partial charge >= 0.3 is 12.1 Å². The molecule has 0 aromatic heterocycles. The first kappa shape index (κ1) is 22.5. The lowest BCUT2D eigenvalue weighted by atomic mass is 9.81. The molecular formula is C27H26FNO4. The van der Waals surface area contributed by atoms with Crippen LogP contribution in [-0.2, 0) is 16.1 Å². The quantitative estimate of drug-likeness (QED) is 0.473. The van der Waals surface area contributed by atoms with E-state index in [-0.39, 0.29) is 30.9 Å². The molecule has 1 fully saturated rings. The molecule has 6 heteroatoms. The number of rotatable bonds is 6. The fourth-order valence-corrected chi connectivity index (χ4v) is 4.17. The van der Waals surface area contributed by atoms with Crippen LogP contribution < -0.4 is 0 Å². The molecule has 0 bridgehead atoms. The van der Waals surface area contributed by atoms with Gasteiger partial charge in [-0.2, -0.15) is 0 Å². The topological polar surface area (TPSA) is 55.8 Å². The summed E-state index contributed by atoms with van der Waals surface area (Å²) in [6.07, 6.45) is 0.274. The second kappa shape index (κ2) is 10.8. The van der Waals surface area contributed by atoms with Gasteiger partial charge in [-0.3, -0.25) is 0 Å². The Kier molecular flexibility index (Phi) is 7.35. The summed E-state index contributed by atoms with van der Waals surface area (Å²) in [6.45, 7) is 1.25. The summed E-state index contributed by atoms with van der Waals surface area (Å²) in [5, 5.41) is 0. The minimum absolute atomic E-state index is 0.0346. The molecule has 0 spiro atoms. The van der Waals surface area contributed by atoms with Crippen LogP contribution in [0.4, 0.5) is 9.18 Å². The molecular weight excluding hydrogens is 421 g/mol. The summed E-state index contributed by atoms with van der Waals surface area (Å²) in [5.74, 6) is -0.807. The predicted octanol–water partition coefficient (Wildman–Crippen LogP) is 5.43. The van der Waals surface area contributed by atoms with Gasteiger partial charge < -0.3 is 14.4 Å². The number of carbonyl (C=O) groups excluding carboxylic acids is 2. The standard InChI is InChI=1S/C27H26FNO4/c28-24-13-11-21(12-14-24)25-15-16-29(27(31)33-18-20-7-3-1-4-8-20)17-23(25)19-32-26(30)22-9-5-2-6-10-22/h1-14,23,25H,15-19H2. The third kappa shape index (κ3) is 5.98. The number of benzene rings is 3. The molecule has 33 heavy (non-hydrogen) atoms. The lowest BCUT2D eigenvalue weighted by Gasteiger charge is -2.38. The number of halogens is 1. The Labute approximate surface area is 192 Å². The van der Waals surface area contributed by atoms with Gasteiger partial charge in [0.05, 0.1) is 12.2 Å². The Balaban J connectivity index is 1.43. The van der Waals surface area contributed by atoms with Crippen molar-refractivity contribution in [2.24, 2.45) is 5.92 Å². The van der Waals surface area contributed by atoms with Crippen molar-refractivity contribution in [1.82, 2.24) is 4.90 Å². The lowest BCUT2D eigenvalue weighted by Crippen LogP contribution is -2.45. The highest BCUT2D eigenvalue weighted by molar-refractivity contribution is 5.89. The maximum absolute atomic E-state index is 13.4. The van der Waals surface area contributed by atoms with Gasteiger partial charge in [0, 0.05) is 19.0 Å². The zero-order valence-corrected chi connectivity index (χ0v) is 18.2. The van der Waals surface area contributed by atoms with Gasteiger partial charge in [-0.1, -0.05) is 60.7 Å². The summed E-state index contributed by atoms with van der Waals surface area (Å²) in [7, 11) is 0. The smallest absolute Gasteiger partial charge is 0.410 e. The van der Waals surface area contributed by atoms with E-state index < -0.39 is 12.1 Å². The van der Waals surface area contributed by atoms with E-state index in [2.05, 4.69) is 0 Å². The molecule has 0 saturated carbocycles. The Morgan fingerprint density at radius 3 is 2.24 bits per heavy atom. The number of piperidine rings is 1.